The molecule has 1 heterocycles. The average molecular weight is 262 g/mol. The van der Waals surface area contributed by atoms with Crippen LogP contribution in [0.15, 0.2) is 24.3 Å². The van der Waals surface area contributed by atoms with Crippen molar-refractivity contribution in [2.75, 3.05) is 11.9 Å². The van der Waals surface area contributed by atoms with E-state index < -0.39 is 17.7 Å². The molecule has 1 aromatic rings. The summed E-state index contributed by atoms with van der Waals surface area (Å²) in [4.78, 5) is 25.4. The molecule has 1 aromatic carbocycles. The van der Waals surface area contributed by atoms with Gasteiger partial charge in [0, 0.05) is 18.3 Å². The number of rotatable bonds is 1. The maximum absolute atomic E-state index is 12.1. The Morgan fingerprint density at radius 3 is 2.58 bits per heavy atom. The Morgan fingerprint density at radius 2 is 1.95 bits per heavy atom. The van der Waals surface area contributed by atoms with Crippen LogP contribution in [0.4, 0.5) is 10.5 Å². The number of anilines is 1. The molecule has 5 heteroatoms. The van der Waals surface area contributed by atoms with Crippen LogP contribution >= 0.6 is 0 Å². The number of benzene rings is 1. The molecule has 1 aliphatic rings. The largest absolute Gasteiger partial charge is 0.444 e. The third kappa shape index (κ3) is 2.70. The van der Waals surface area contributed by atoms with Crippen molar-refractivity contribution in [2.24, 2.45) is 0 Å². The van der Waals surface area contributed by atoms with Crippen LogP contribution in [0.1, 0.15) is 32.4 Å². The van der Waals surface area contributed by atoms with Gasteiger partial charge < -0.3 is 15.0 Å². The van der Waals surface area contributed by atoms with Crippen molar-refractivity contribution < 1.29 is 14.3 Å². The van der Waals surface area contributed by atoms with E-state index in [1.54, 1.807) is 27.8 Å². The van der Waals surface area contributed by atoms with Crippen LogP contribution in [0.5, 0.6) is 0 Å². The minimum atomic E-state index is -0.670. The van der Waals surface area contributed by atoms with E-state index in [4.69, 9.17) is 4.74 Å². The number of nitrogens with one attached hydrogen (secondary N) is 1. The first-order valence-corrected chi connectivity index (χ1v) is 6.15. The van der Waals surface area contributed by atoms with Gasteiger partial charge in [-0.2, -0.15) is 0 Å². The van der Waals surface area contributed by atoms with E-state index >= 15 is 0 Å². The first kappa shape index (κ1) is 13.4. The van der Waals surface area contributed by atoms with Crippen LogP contribution < -0.4 is 10.2 Å². The smallest absolute Gasteiger partial charge is 0.408 e. The van der Waals surface area contributed by atoms with Crippen molar-refractivity contribution in [2.45, 2.75) is 32.4 Å². The molecule has 2 amide bonds. The molecule has 102 valence electrons. The van der Waals surface area contributed by atoms with Crippen LogP contribution in [0, 0.1) is 0 Å². The van der Waals surface area contributed by atoms with Gasteiger partial charge >= 0.3 is 6.09 Å². The van der Waals surface area contributed by atoms with Gasteiger partial charge in [-0.25, -0.2) is 4.79 Å². The Bertz CT molecular complexity index is 520. The molecule has 0 saturated carbocycles. The normalized spacial score (nSPS) is 18.2. The summed E-state index contributed by atoms with van der Waals surface area (Å²) in [6, 6.07) is 6.71. The van der Waals surface area contributed by atoms with Crippen LogP contribution in [-0.2, 0) is 9.53 Å². The molecule has 0 fully saturated rings. The number of nitrogens with zero attached hydrogens (tertiary/aromatic N) is 1. The maximum Gasteiger partial charge on any atom is 0.408 e. The molecule has 1 unspecified atom stereocenters. The molecule has 1 atom stereocenters. The third-order valence-corrected chi connectivity index (χ3v) is 2.85. The molecular formula is C14H18N2O3. The van der Waals surface area contributed by atoms with Gasteiger partial charge in [0.05, 0.1) is 0 Å². The van der Waals surface area contributed by atoms with E-state index in [1.807, 2.05) is 24.3 Å². The minimum absolute atomic E-state index is 0.160. The molecule has 19 heavy (non-hydrogen) atoms. The molecule has 0 saturated heterocycles. The molecule has 0 aromatic heterocycles. The zero-order valence-electron chi connectivity index (χ0n) is 11.6. The lowest BCUT2D eigenvalue weighted by molar-refractivity contribution is -0.119. The van der Waals surface area contributed by atoms with E-state index in [9.17, 15) is 9.59 Å². The molecule has 0 radical (unpaired) electrons. The number of hydrogen-bond donors (Lipinski definition) is 1. The van der Waals surface area contributed by atoms with Crippen molar-refractivity contribution >= 4 is 17.7 Å². The minimum Gasteiger partial charge on any atom is -0.444 e. The number of carbonyl (C=O) groups is 2. The topological polar surface area (TPSA) is 58.6 Å². The highest BCUT2D eigenvalue weighted by atomic mass is 16.6. The second-order valence-corrected chi connectivity index (χ2v) is 5.54. The van der Waals surface area contributed by atoms with Gasteiger partial charge in [0.2, 0.25) is 0 Å². The fourth-order valence-electron chi connectivity index (χ4n) is 2.05. The summed E-state index contributed by atoms with van der Waals surface area (Å²) >= 11 is 0. The number of para-hydroxylation sites is 1. The SMILES string of the molecule is CN1C(=O)C(NC(=O)OC(C)(C)C)c2ccccc21. The second kappa shape index (κ2) is 4.57. The molecular weight excluding hydrogens is 244 g/mol. The van der Waals surface area contributed by atoms with Crippen LogP contribution in [0.25, 0.3) is 0 Å². The molecule has 1 N–H and O–H groups in total. The fourth-order valence-corrected chi connectivity index (χ4v) is 2.05. The number of hydrogen-bond acceptors (Lipinski definition) is 3. The maximum atomic E-state index is 12.1. The molecule has 0 spiro atoms. The third-order valence-electron chi connectivity index (χ3n) is 2.85. The standard InChI is InChI=1S/C14H18N2O3/c1-14(2,3)19-13(18)15-11-9-7-5-6-8-10(9)16(4)12(11)17/h5-8,11H,1-4H3,(H,15,18). The lowest BCUT2D eigenvalue weighted by Gasteiger charge is -2.21. The summed E-state index contributed by atoms with van der Waals surface area (Å²) in [5.41, 5.74) is 1.02. The zero-order chi connectivity index (χ0) is 14.2. The van der Waals surface area contributed by atoms with Gasteiger partial charge in [-0.15, -0.1) is 0 Å². The summed E-state index contributed by atoms with van der Waals surface area (Å²) in [5.74, 6) is -0.160. The van der Waals surface area contributed by atoms with Crippen LogP contribution in [-0.4, -0.2) is 24.6 Å². The van der Waals surface area contributed by atoms with Gasteiger partial charge in [0.15, 0.2) is 0 Å². The van der Waals surface area contributed by atoms with E-state index in [2.05, 4.69) is 5.32 Å². The monoisotopic (exact) mass is 262 g/mol. The Kier molecular flexibility index (Phi) is 3.22. The first-order chi connectivity index (χ1) is 8.79. The molecule has 0 aliphatic carbocycles. The van der Waals surface area contributed by atoms with Crippen molar-refractivity contribution in [3.8, 4) is 0 Å². The van der Waals surface area contributed by atoms with Crippen molar-refractivity contribution in [3.05, 3.63) is 29.8 Å². The fraction of sp³-hybridized carbons (Fsp3) is 0.429. The summed E-state index contributed by atoms with van der Waals surface area (Å²) in [5, 5.41) is 2.62. The van der Waals surface area contributed by atoms with Gasteiger partial charge in [0.25, 0.3) is 5.91 Å². The van der Waals surface area contributed by atoms with Gasteiger partial charge in [0.1, 0.15) is 11.6 Å². The Balaban J connectivity index is 2.18. The molecule has 2 rings (SSSR count). The predicted octanol–water partition coefficient (Wildman–Crippen LogP) is 2.23. The number of carbonyl (C=O) groups excluding carboxylic acids is 2. The number of likely N-dealkylation sites (N-methyl/N-ethyl adjacent to an activating group) is 1. The lowest BCUT2D eigenvalue weighted by atomic mass is 10.1. The van der Waals surface area contributed by atoms with Crippen molar-refractivity contribution in [1.82, 2.24) is 5.32 Å². The second-order valence-electron chi connectivity index (χ2n) is 5.54. The Labute approximate surface area is 112 Å². The van der Waals surface area contributed by atoms with Crippen LogP contribution in [0.3, 0.4) is 0 Å². The van der Waals surface area contributed by atoms with E-state index in [0.717, 1.165) is 11.3 Å². The molecule has 5 nitrogen and oxygen atoms in total. The number of ether oxygens (including phenoxy) is 1. The van der Waals surface area contributed by atoms with Gasteiger partial charge in [-0.1, -0.05) is 18.2 Å². The Morgan fingerprint density at radius 1 is 1.32 bits per heavy atom. The highest BCUT2D eigenvalue weighted by Gasteiger charge is 2.36. The van der Waals surface area contributed by atoms with Gasteiger partial charge in [-0.05, 0) is 26.8 Å². The molecule has 1 aliphatic heterocycles. The van der Waals surface area contributed by atoms with Crippen LogP contribution in [0.2, 0.25) is 0 Å². The highest BCUT2D eigenvalue weighted by Crippen LogP contribution is 2.34. The summed E-state index contributed by atoms with van der Waals surface area (Å²) in [6.45, 7) is 5.34. The summed E-state index contributed by atoms with van der Waals surface area (Å²) in [7, 11) is 1.69. The summed E-state index contributed by atoms with van der Waals surface area (Å²) in [6.07, 6.45) is -0.587. The quantitative estimate of drug-likeness (QED) is 0.844. The highest BCUT2D eigenvalue weighted by molar-refractivity contribution is 6.05. The summed E-state index contributed by atoms with van der Waals surface area (Å²) < 4.78 is 5.18. The molecule has 0 bridgehead atoms. The van der Waals surface area contributed by atoms with E-state index in [1.165, 1.54) is 4.90 Å². The Hall–Kier alpha value is -2.04. The predicted molar refractivity (Wildman–Crippen MR) is 72.0 cm³/mol. The van der Waals surface area contributed by atoms with E-state index in [-0.39, 0.29) is 5.91 Å². The van der Waals surface area contributed by atoms with Crippen molar-refractivity contribution in [1.29, 1.82) is 0 Å². The zero-order valence-corrected chi connectivity index (χ0v) is 11.6. The number of amides is 2. The number of fused-ring (bicyclic) bond motifs is 1. The van der Waals surface area contributed by atoms with Gasteiger partial charge in [-0.3, -0.25) is 4.79 Å². The van der Waals surface area contributed by atoms with Crippen molar-refractivity contribution in [3.63, 3.8) is 0 Å². The average Bonchev–Trinajstić information content (AvgIpc) is 2.53. The number of alkyl carbamates (subject to hydrolysis) is 1. The van der Waals surface area contributed by atoms with E-state index in [0.29, 0.717) is 0 Å². The lowest BCUT2D eigenvalue weighted by Crippen LogP contribution is -2.39. The first-order valence-electron chi connectivity index (χ1n) is 6.15.